The summed E-state index contributed by atoms with van der Waals surface area (Å²) in [4.78, 5) is 0. The fraction of sp³-hybridized carbons (Fsp3) is 0.538. The van der Waals surface area contributed by atoms with Crippen LogP contribution in [0, 0.1) is 5.82 Å². The molecule has 17 heavy (non-hydrogen) atoms. The smallest absolute Gasteiger partial charge is 0.145 e. The molecule has 0 fully saturated rings. The monoisotopic (exact) mass is 259 g/mol. The maximum atomic E-state index is 13.9. The normalized spacial score (nSPS) is 13.8. The molecule has 0 aliphatic carbocycles. The summed E-state index contributed by atoms with van der Waals surface area (Å²) in [6.45, 7) is 5.94. The lowest BCUT2D eigenvalue weighted by Gasteiger charge is -2.22. The summed E-state index contributed by atoms with van der Waals surface area (Å²) < 4.78 is 13.9. The Morgan fingerprint density at radius 2 is 2.00 bits per heavy atom. The summed E-state index contributed by atoms with van der Waals surface area (Å²) in [5.41, 5.74) is 6.40. The second-order valence-electron chi connectivity index (χ2n) is 5.28. The number of nitrogens with two attached hydrogens (primary N) is 1. The zero-order valence-electron chi connectivity index (χ0n) is 10.4. The fourth-order valence-electron chi connectivity index (χ4n) is 1.66. The van der Waals surface area contributed by atoms with E-state index >= 15 is 0 Å². The Hall–Kier alpha value is -0.640. The molecule has 0 unspecified atom stereocenters. The SMILES string of the molecule is CC(C)(C)c1cc(C[C@@H](O)CN)cc(Cl)c1F. The van der Waals surface area contributed by atoms with Gasteiger partial charge in [0.2, 0.25) is 0 Å². The Labute approximate surface area is 107 Å². The molecular formula is C13H19ClFNO. The molecule has 0 spiro atoms. The van der Waals surface area contributed by atoms with E-state index in [1.165, 1.54) is 0 Å². The highest BCUT2D eigenvalue weighted by Crippen LogP contribution is 2.30. The van der Waals surface area contributed by atoms with Crippen LogP contribution in [0.15, 0.2) is 12.1 Å². The molecule has 96 valence electrons. The Morgan fingerprint density at radius 1 is 1.41 bits per heavy atom. The summed E-state index contributed by atoms with van der Waals surface area (Å²) in [6, 6.07) is 3.30. The van der Waals surface area contributed by atoms with Crippen LogP contribution in [-0.4, -0.2) is 17.8 Å². The zero-order valence-corrected chi connectivity index (χ0v) is 11.2. The van der Waals surface area contributed by atoms with Gasteiger partial charge in [-0.25, -0.2) is 4.39 Å². The van der Waals surface area contributed by atoms with E-state index in [-0.39, 0.29) is 22.8 Å². The van der Waals surface area contributed by atoms with E-state index in [2.05, 4.69) is 0 Å². The number of rotatable bonds is 3. The minimum absolute atomic E-state index is 0.0941. The first-order valence-electron chi connectivity index (χ1n) is 5.62. The lowest BCUT2D eigenvalue weighted by Crippen LogP contribution is -2.22. The van der Waals surface area contributed by atoms with Gasteiger partial charge in [0.15, 0.2) is 0 Å². The third kappa shape index (κ3) is 3.66. The predicted octanol–water partition coefficient (Wildman–Crippen LogP) is 2.64. The lowest BCUT2D eigenvalue weighted by molar-refractivity contribution is 0.183. The molecule has 3 N–H and O–H groups in total. The fourth-order valence-corrected chi connectivity index (χ4v) is 1.91. The van der Waals surface area contributed by atoms with E-state index in [9.17, 15) is 9.50 Å². The Morgan fingerprint density at radius 3 is 2.47 bits per heavy atom. The minimum atomic E-state index is -0.621. The van der Waals surface area contributed by atoms with Crippen molar-refractivity contribution < 1.29 is 9.50 Å². The van der Waals surface area contributed by atoms with Crippen LogP contribution in [-0.2, 0) is 11.8 Å². The van der Waals surface area contributed by atoms with E-state index in [0.29, 0.717) is 12.0 Å². The van der Waals surface area contributed by atoms with E-state index in [1.807, 2.05) is 20.8 Å². The molecule has 0 radical (unpaired) electrons. The number of hydrogen-bond donors (Lipinski definition) is 2. The van der Waals surface area contributed by atoms with Crippen LogP contribution in [0.2, 0.25) is 5.02 Å². The van der Waals surface area contributed by atoms with Gasteiger partial charge in [-0.05, 0) is 29.0 Å². The summed E-state index contributed by atoms with van der Waals surface area (Å²) in [5, 5.41) is 9.60. The van der Waals surface area contributed by atoms with Gasteiger partial charge in [0.1, 0.15) is 5.82 Å². The molecule has 0 bridgehead atoms. The Kier molecular flexibility index (Phi) is 4.53. The van der Waals surface area contributed by atoms with Gasteiger partial charge in [-0.2, -0.15) is 0 Å². The third-order valence-electron chi connectivity index (χ3n) is 2.64. The molecular weight excluding hydrogens is 241 g/mol. The molecule has 0 aliphatic rings. The Balaban J connectivity index is 3.15. The van der Waals surface area contributed by atoms with Crippen molar-refractivity contribution in [1.29, 1.82) is 0 Å². The van der Waals surface area contributed by atoms with Crippen molar-refractivity contribution in [2.75, 3.05) is 6.54 Å². The van der Waals surface area contributed by atoms with Crippen molar-refractivity contribution in [2.45, 2.75) is 38.7 Å². The molecule has 0 saturated heterocycles. The third-order valence-corrected chi connectivity index (χ3v) is 2.91. The average molecular weight is 260 g/mol. The number of aliphatic hydroxyl groups excluding tert-OH is 1. The highest BCUT2D eigenvalue weighted by Gasteiger charge is 2.21. The summed E-state index contributed by atoms with van der Waals surface area (Å²) in [6.07, 6.45) is -0.233. The van der Waals surface area contributed by atoms with Crippen molar-refractivity contribution in [1.82, 2.24) is 0 Å². The molecule has 1 aromatic carbocycles. The number of hydrogen-bond acceptors (Lipinski definition) is 2. The van der Waals surface area contributed by atoms with Gasteiger partial charge in [0, 0.05) is 6.54 Å². The van der Waals surface area contributed by atoms with Crippen molar-refractivity contribution >= 4 is 11.6 Å². The van der Waals surface area contributed by atoms with E-state index < -0.39 is 6.10 Å². The molecule has 0 aliphatic heterocycles. The van der Waals surface area contributed by atoms with Crippen LogP contribution in [0.25, 0.3) is 0 Å². The van der Waals surface area contributed by atoms with Crippen LogP contribution < -0.4 is 5.73 Å². The number of benzene rings is 1. The van der Waals surface area contributed by atoms with Crippen LogP contribution >= 0.6 is 11.6 Å². The molecule has 1 rings (SSSR count). The standard InChI is InChI=1S/C13H19ClFNO/c1-13(2,3)10-5-8(4-9(17)7-16)6-11(14)12(10)15/h5-6,9,17H,4,7,16H2,1-3H3/t9-/m1/s1. The van der Waals surface area contributed by atoms with E-state index in [4.69, 9.17) is 17.3 Å². The van der Waals surface area contributed by atoms with Gasteiger partial charge < -0.3 is 10.8 Å². The van der Waals surface area contributed by atoms with E-state index in [1.54, 1.807) is 12.1 Å². The maximum Gasteiger partial charge on any atom is 0.145 e. The largest absolute Gasteiger partial charge is 0.391 e. The molecule has 0 heterocycles. The minimum Gasteiger partial charge on any atom is -0.391 e. The van der Waals surface area contributed by atoms with Gasteiger partial charge in [0.05, 0.1) is 11.1 Å². The highest BCUT2D eigenvalue weighted by molar-refractivity contribution is 6.30. The predicted molar refractivity (Wildman–Crippen MR) is 68.9 cm³/mol. The van der Waals surface area contributed by atoms with Crippen molar-refractivity contribution in [2.24, 2.45) is 5.73 Å². The van der Waals surface area contributed by atoms with Gasteiger partial charge in [-0.1, -0.05) is 38.4 Å². The van der Waals surface area contributed by atoms with Gasteiger partial charge >= 0.3 is 0 Å². The van der Waals surface area contributed by atoms with Crippen LogP contribution in [0.4, 0.5) is 4.39 Å². The summed E-state index contributed by atoms with van der Waals surface area (Å²) in [7, 11) is 0. The van der Waals surface area contributed by atoms with Crippen LogP contribution in [0.1, 0.15) is 31.9 Å². The number of aliphatic hydroxyl groups is 1. The molecule has 0 aromatic heterocycles. The Bertz CT molecular complexity index is 401. The average Bonchev–Trinajstić information content (AvgIpc) is 2.21. The van der Waals surface area contributed by atoms with E-state index in [0.717, 1.165) is 5.56 Å². The molecule has 0 amide bonds. The molecule has 4 heteroatoms. The number of halogens is 2. The van der Waals surface area contributed by atoms with Crippen LogP contribution in [0.3, 0.4) is 0 Å². The lowest BCUT2D eigenvalue weighted by atomic mass is 9.85. The summed E-state index contributed by atoms with van der Waals surface area (Å²) >= 11 is 5.86. The maximum absolute atomic E-state index is 13.9. The molecule has 0 saturated carbocycles. The van der Waals surface area contributed by atoms with Crippen molar-refractivity contribution in [3.8, 4) is 0 Å². The first-order chi connectivity index (χ1) is 7.75. The van der Waals surface area contributed by atoms with Crippen LogP contribution in [0.5, 0.6) is 0 Å². The zero-order chi connectivity index (χ0) is 13.2. The molecule has 1 atom stereocenters. The second kappa shape index (κ2) is 5.34. The van der Waals surface area contributed by atoms with Crippen molar-refractivity contribution in [3.05, 3.63) is 34.1 Å². The first kappa shape index (κ1) is 14.4. The quantitative estimate of drug-likeness (QED) is 0.877. The van der Waals surface area contributed by atoms with Gasteiger partial charge in [-0.3, -0.25) is 0 Å². The van der Waals surface area contributed by atoms with Gasteiger partial charge in [0.25, 0.3) is 0 Å². The summed E-state index contributed by atoms with van der Waals surface area (Å²) in [5.74, 6) is -0.384. The second-order valence-corrected chi connectivity index (χ2v) is 5.69. The highest BCUT2D eigenvalue weighted by atomic mass is 35.5. The molecule has 1 aromatic rings. The topological polar surface area (TPSA) is 46.2 Å². The van der Waals surface area contributed by atoms with Gasteiger partial charge in [-0.15, -0.1) is 0 Å². The molecule has 2 nitrogen and oxygen atoms in total. The van der Waals surface area contributed by atoms with Crippen molar-refractivity contribution in [3.63, 3.8) is 0 Å². The first-order valence-corrected chi connectivity index (χ1v) is 6.00.